The van der Waals surface area contributed by atoms with E-state index in [0.29, 0.717) is 32.8 Å². The molecule has 0 saturated carbocycles. The Bertz CT molecular complexity index is 668. The van der Waals surface area contributed by atoms with E-state index in [1.807, 2.05) is 4.90 Å². The van der Waals surface area contributed by atoms with E-state index < -0.39 is 17.7 Å². The Hall–Kier alpha value is -2.19. The van der Waals surface area contributed by atoms with Gasteiger partial charge in [0.1, 0.15) is 17.1 Å². The molecule has 7 nitrogen and oxygen atoms in total. The van der Waals surface area contributed by atoms with E-state index in [4.69, 9.17) is 14.6 Å². The molecule has 1 amide bonds. The predicted molar refractivity (Wildman–Crippen MR) is 86.2 cm³/mol. The number of nitrogens with zero attached hydrogens (tertiary/aromatic N) is 2. The van der Waals surface area contributed by atoms with Crippen molar-refractivity contribution in [3.63, 3.8) is 0 Å². The van der Waals surface area contributed by atoms with Gasteiger partial charge in [-0.05, 0) is 12.1 Å². The molecule has 25 heavy (non-hydrogen) atoms. The molecule has 8 heteroatoms. The Labute approximate surface area is 144 Å². The fourth-order valence-electron chi connectivity index (χ4n) is 3.53. The second kappa shape index (κ2) is 7.37. The van der Waals surface area contributed by atoms with Crippen molar-refractivity contribution in [2.75, 3.05) is 46.5 Å². The number of halogens is 1. The molecule has 2 atom stereocenters. The first kappa shape index (κ1) is 17.6. The minimum Gasteiger partial charge on any atom is -0.496 e. The Morgan fingerprint density at radius 2 is 2.12 bits per heavy atom. The molecule has 0 radical (unpaired) electrons. The number of amides is 1. The van der Waals surface area contributed by atoms with Crippen LogP contribution in [0.4, 0.5) is 4.39 Å². The molecule has 0 spiro atoms. The van der Waals surface area contributed by atoms with Gasteiger partial charge in [-0.3, -0.25) is 14.5 Å². The van der Waals surface area contributed by atoms with Crippen LogP contribution in [-0.4, -0.2) is 79.3 Å². The summed E-state index contributed by atoms with van der Waals surface area (Å²) in [4.78, 5) is 27.5. The molecule has 2 aliphatic rings. The number of hydrogen-bond acceptors (Lipinski definition) is 5. The first-order chi connectivity index (χ1) is 12.0. The summed E-state index contributed by atoms with van der Waals surface area (Å²) in [7, 11) is 1.39. The zero-order chi connectivity index (χ0) is 18.0. The highest BCUT2D eigenvalue weighted by Crippen LogP contribution is 2.27. The number of hydrogen-bond donors (Lipinski definition) is 1. The van der Waals surface area contributed by atoms with Crippen molar-refractivity contribution in [3.05, 3.63) is 29.6 Å². The number of carbonyl (C=O) groups is 2. The zero-order valence-corrected chi connectivity index (χ0v) is 14.0. The molecule has 2 bridgehead atoms. The van der Waals surface area contributed by atoms with Gasteiger partial charge in [0.05, 0.1) is 32.9 Å². The maximum Gasteiger partial charge on any atom is 0.317 e. The second-order valence-electron chi connectivity index (χ2n) is 6.42. The third kappa shape index (κ3) is 3.74. The van der Waals surface area contributed by atoms with E-state index in [2.05, 4.69) is 0 Å². The van der Waals surface area contributed by atoms with Gasteiger partial charge in [0.2, 0.25) is 0 Å². The van der Waals surface area contributed by atoms with Gasteiger partial charge in [0.25, 0.3) is 5.91 Å². The third-order valence-electron chi connectivity index (χ3n) is 4.57. The normalized spacial score (nSPS) is 23.8. The van der Waals surface area contributed by atoms with Gasteiger partial charge < -0.3 is 19.5 Å². The van der Waals surface area contributed by atoms with Gasteiger partial charge in [-0.25, -0.2) is 4.39 Å². The maximum atomic E-state index is 14.3. The number of carboxylic acid groups (broad SMARTS) is 1. The van der Waals surface area contributed by atoms with Crippen molar-refractivity contribution in [2.24, 2.45) is 5.92 Å². The van der Waals surface area contributed by atoms with E-state index in [-0.39, 0.29) is 29.8 Å². The summed E-state index contributed by atoms with van der Waals surface area (Å²) in [6, 6.07) is 3.94. The second-order valence-corrected chi connectivity index (χ2v) is 6.42. The summed E-state index contributed by atoms with van der Waals surface area (Å²) in [5.74, 6) is -1.82. The lowest BCUT2D eigenvalue weighted by atomic mass is 10.1. The van der Waals surface area contributed by atoms with E-state index in [1.165, 1.54) is 19.2 Å². The number of carboxylic acids is 1. The molecule has 2 saturated heterocycles. The zero-order valence-electron chi connectivity index (χ0n) is 14.0. The summed E-state index contributed by atoms with van der Waals surface area (Å²) in [6.07, 6.45) is 0. The van der Waals surface area contributed by atoms with Gasteiger partial charge >= 0.3 is 5.97 Å². The molecule has 1 N–H and O–H groups in total. The minimum absolute atomic E-state index is 0.0198. The molecule has 2 aliphatic heterocycles. The van der Waals surface area contributed by atoms with Gasteiger partial charge in [-0.1, -0.05) is 6.07 Å². The molecule has 1 aromatic carbocycles. The minimum atomic E-state index is -0.908. The molecule has 0 aliphatic carbocycles. The van der Waals surface area contributed by atoms with Crippen LogP contribution in [0.25, 0.3) is 0 Å². The molecule has 136 valence electrons. The van der Waals surface area contributed by atoms with Crippen molar-refractivity contribution < 1.29 is 28.6 Å². The summed E-state index contributed by atoms with van der Waals surface area (Å²) in [6.45, 7) is 1.97. The lowest BCUT2D eigenvalue weighted by Gasteiger charge is -2.31. The average molecular weight is 352 g/mol. The lowest BCUT2D eigenvalue weighted by Crippen LogP contribution is -2.47. The number of carbonyl (C=O) groups excluding carboxylic acids is 1. The van der Waals surface area contributed by atoms with Crippen molar-refractivity contribution >= 4 is 11.9 Å². The molecule has 2 fully saturated rings. The number of aliphatic carboxylic acids is 1. The highest BCUT2D eigenvalue weighted by molar-refractivity contribution is 5.97. The summed E-state index contributed by atoms with van der Waals surface area (Å²) in [5.41, 5.74) is -0.0951. The predicted octanol–water partition coefficient (Wildman–Crippen LogP) is 0.692. The van der Waals surface area contributed by atoms with E-state index >= 15 is 0 Å². The van der Waals surface area contributed by atoms with E-state index in [1.54, 1.807) is 11.0 Å². The van der Waals surface area contributed by atoms with Crippen LogP contribution in [0.15, 0.2) is 18.2 Å². The fourth-order valence-corrected chi connectivity index (χ4v) is 3.53. The van der Waals surface area contributed by atoms with Gasteiger partial charge in [0.15, 0.2) is 0 Å². The topological polar surface area (TPSA) is 79.3 Å². The quantitative estimate of drug-likeness (QED) is 0.859. The summed E-state index contributed by atoms with van der Waals surface area (Å²) < 4.78 is 25.1. The first-order valence-electron chi connectivity index (χ1n) is 8.15. The number of benzene rings is 1. The lowest BCUT2D eigenvalue weighted by molar-refractivity contribution is -0.138. The van der Waals surface area contributed by atoms with Crippen molar-refractivity contribution in [1.82, 2.24) is 9.80 Å². The summed E-state index contributed by atoms with van der Waals surface area (Å²) in [5, 5.41) is 9.06. The van der Waals surface area contributed by atoms with Crippen LogP contribution in [0.5, 0.6) is 5.75 Å². The van der Waals surface area contributed by atoms with Crippen molar-refractivity contribution in [1.29, 1.82) is 0 Å². The van der Waals surface area contributed by atoms with Gasteiger partial charge in [-0.15, -0.1) is 0 Å². The smallest absolute Gasteiger partial charge is 0.317 e. The van der Waals surface area contributed by atoms with Crippen LogP contribution in [-0.2, 0) is 9.53 Å². The molecule has 0 unspecified atom stereocenters. The van der Waals surface area contributed by atoms with E-state index in [0.717, 1.165) is 0 Å². The molecule has 3 rings (SSSR count). The largest absolute Gasteiger partial charge is 0.496 e. The highest BCUT2D eigenvalue weighted by Gasteiger charge is 2.38. The van der Waals surface area contributed by atoms with Crippen LogP contribution in [0.3, 0.4) is 0 Å². The molecule has 0 aromatic heterocycles. The molecule has 1 aromatic rings. The van der Waals surface area contributed by atoms with Crippen molar-refractivity contribution in [3.8, 4) is 5.75 Å². The van der Waals surface area contributed by atoms with Crippen LogP contribution in [0, 0.1) is 11.7 Å². The number of ether oxygens (including phenoxy) is 2. The SMILES string of the molecule is COc1cccc(F)c1C(=O)N1C[C@H]2COC[C@@H]1CN(CC(=O)O)C2. The van der Waals surface area contributed by atoms with Crippen LogP contribution < -0.4 is 4.74 Å². The van der Waals surface area contributed by atoms with Gasteiger partial charge in [-0.2, -0.15) is 0 Å². The fraction of sp³-hybridized carbons (Fsp3) is 0.529. The highest BCUT2D eigenvalue weighted by atomic mass is 19.1. The maximum absolute atomic E-state index is 14.3. The number of methoxy groups -OCH3 is 1. The molecule has 2 heterocycles. The van der Waals surface area contributed by atoms with Crippen LogP contribution >= 0.6 is 0 Å². The summed E-state index contributed by atoms with van der Waals surface area (Å²) >= 11 is 0. The average Bonchev–Trinajstić information content (AvgIpc) is 2.84. The monoisotopic (exact) mass is 352 g/mol. The van der Waals surface area contributed by atoms with Crippen LogP contribution in [0.2, 0.25) is 0 Å². The van der Waals surface area contributed by atoms with Crippen LogP contribution in [0.1, 0.15) is 10.4 Å². The Kier molecular flexibility index (Phi) is 5.19. The molecular formula is C17H21FN2O5. The Balaban J connectivity index is 1.89. The number of rotatable bonds is 4. The van der Waals surface area contributed by atoms with Gasteiger partial charge in [0, 0.05) is 25.6 Å². The van der Waals surface area contributed by atoms with Crippen molar-refractivity contribution in [2.45, 2.75) is 6.04 Å². The van der Waals surface area contributed by atoms with E-state index in [9.17, 15) is 14.0 Å². The number of fused-ring (bicyclic) bond motifs is 3. The first-order valence-corrected chi connectivity index (χ1v) is 8.15. The Morgan fingerprint density at radius 3 is 2.84 bits per heavy atom. The molecular weight excluding hydrogens is 331 g/mol. The Morgan fingerprint density at radius 1 is 1.32 bits per heavy atom. The standard InChI is InChI=1S/C17H21FN2O5/c1-24-14-4-2-3-13(18)16(14)17(23)20-6-11-5-19(8-15(21)22)7-12(20)10-25-9-11/h2-4,11-12H,5-10H2,1H3,(H,21,22)/t11-,12-/m0/s1. The third-order valence-corrected chi connectivity index (χ3v) is 4.57.